The van der Waals surface area contributed by atoms with Gasteiger partial charge in [-0.2, -0.15) is 5.26 Å². The fraction of sp³-hybridized carbons (Fsp3) is 0.143. The average molecular weight is 398 g/mol. The first-order valence-corrected chi connectivity index (χ1v) is 7.21. The van der Waals surface area contributed by atoms with E-state index >= 15 is 0 Å². The van der Waals surface area contributed by atoms with Gasteiger partial charge in [-0.1, -0.05) is 0 Å². The Morgan fingerprint density at radius 2 is 1.75 bits per heavy atom. The molecule has 1 aromatic carbocycles. The molecule has 0 saturated heterocycles. The highest BCUT2D eigenvalue weighted by Crippen LogP contribution is 2.37. The first-order chi connectivity index (χ1) is 9.53. The van der Waals surface area contributed by atoms with E-state index in [1.54, 1.807) is 31.4 Å². The molecular formula is C14H10Br2N2O2. The molecule has 6 heteroatoms. The quantitative estimate of drug-likeness (QED) is 0.760. The number of rotatable bonds is 3. The monoisotopic (exact) mass is 396 g/mol. The van der Waals surface area contributed by atoms with Crippen molar-refractivity contribution >= 4 is 31.9 Å². The van der Waals surface area contributed by atoms with Gasteiger partial charge >= 0.3 is 0 Å². The van der Waals surface area contributed by atoms with Crippen molar-refractivity contribution in [2.24, 2.45) is 0 Å². The fourth-order valence-corrected chi connectivity index (χ4v) is 2.50. The number of hydrogen-bond donors (Lipinski definition) is 0. The van der Waals surface area contributed by atoms with Crippen LogP contribution >= 0.6 is 31.9 Å². The second kappa shape index (κ2) is 6.25. The number of hydrogen-bond acceptors (Lipinski definition) is 4. The van der Waals surface area contributed by atoms with Gasteiger partial charge in [0.1, 0.15) is 11.5 Å². The van der Waals surface area contributed by atoms with E-state index in [-0.39, 0.29) is 0 Å². The second-order valence-corrected chi connectivity index (χ2v) is 5.68. The summed E-state index contributed by atoms with van der Waals surface area (Å²) in [6, 6.07) is 8.94. The molecular weight excluding hydrogens is 388 g/mol. The van der Waals surface area contributed by atoms with Gasteiger partial charge in [0.05, 0.1) is 27.7 Å². The van der Waals surface area contributed by atoms with Gasteiger partial charge in [-0.25, -0.2) is 4.98 Å². The number of ether oxygens (including phenoxy) is 2. The number of aromatic nitrogens is 1. The number of halogens is 2. The Balaban J connectivity index is 2.38. The predicted octanol–water partition coefficient (Wildman–Crippen LogP) is 4.59. The van der Waals surface area contributed by atoms with Gasteiger partial charge in [0, 0.05) is 11.8 Å². The van der Waals surface area contributed by atoms with E-state index in [1.807, 2.05) is 6.92 Å². The van der Waals surface area contributed by atoms with Gasteiger partial charge in [0.2, 0.25) is 5.88 Å². The lowest BCUT2D eigenvalue weighted by molar-refractivity contribution is 0.408. The lowest BCUT2D eigenvalue weighted by atomic mass is 10.2. The van der Waals surface area contributed by atoms with E-state index < -0.39 is 0 Å². The number of aryl methyl sites for hydroxylation is 1. The summed E-state index contributed by atoms with van der Waals surface area (Å²) in [5.74, 6) is 1.65. The highest BCUT2D eigenvalue weighted by atomic mass is 79.9. The molecule has 0 radical (unpaired) electrons. The second-order valence-electron chi connectivity index (χ2n) is 3.97. The molecule has 0 aliphatic carbocycles. The topological polar surface area (TPSA) is 55.1 Å². The van der Waals surface area contributed by atoms with Gasteiger partial charge in [0.15, 0.2) is 0 Å². The van der Waals surface area contributed by atoms with Crippen molar-refractivity contribution in [2.45, 2.75) is 6.92 Å². The standard InChI is InChI=1S/C14H10Br2N2O2/c1-8-3-9(7-17)4-14(18-8)20-13-6-10(15)12(19-2)5-11(13)16/h3-6H,1-2H3. The normalized spacial score (nSPS) is 9.95. The molecule has 0 aliphatic heterocycles. The molecule has 2 aromatic rings. The molecule has 102 valence electrons. The number of methoxy groups -OCH3 is 1. The first kappa shape index (κ1) is 14.8. The summed E-state index contributed by atoms with van der Waals surface area (Å²) in [6.07, 6.45) is 0. The maximum atomic E-state index is 8.95. The van der Waals surface area contributed by atoms with Crippen molar-refractivity contribution in [3.8, 4) is 23.4 Å². The smallest absolute Gasteiger partial charge is 0.220 e. The molecule has 1 heterocycles. The lowest BCUT2D eigenvalue weighted by Gasteiger charge is -2.10. The summed E-state index contributed by atoms with van der Waals surface area (Å²) in [5.41, 5.74) is 1.24. The van der Waals surface area contributed by atoms with Gasteiger partial charge in [-0.15, -0.1) is 0 Å². The van der Waals surface area contributed by atoms with E-state index in [0.29, 0.717) is 22.9 Å². The number of nitriles is 1. The molecule has 0 unspecified atom stereocenters. The Bertz CT molecular complexity index is 696. The summed E-state index contributed by atoms with van der Waals surface area (Å²) < 4.78 is 12.4. The summed E-state index contributed by atoms with van der Waals surface area (Å²) in [5, 5.41) is 8.95. The third-order valence-electron chi connectivity index (χ3n) is 2.48. The van der Waals surface area contributed by atoms with Crippen LogP contribution in [0.25, 0.3) is 0 Å². The minimum absolute atomic E-state index is 0.374. The Labute approximate surface area is 133 Å². The molecule has 20 heavy (non-hydrogen) atoms. The minimum atomic E-state index is 0.374. The largest absolute Gasteiger partial charge is 0.496 e. The molecule has 0 bridgehead atoms. The minimum Gasteiger partial charge on any atom is -0.496 e. The number of benzene rings is 1. The van der Waals surface area contributed by atoms with Crippen molar-refractivity contribution in [2.75, 3.05) is 7.11 Å². The van der Waals surface area contributed by atoms with E-state index in [4.69, 9.17) is 14.7 Å². The average Bonchev–Trinajstić information content (AvgIpc) is 2.41. The molecule has 2 rings (SSSR count). The zero-order valence-corrected chi connectivity index (χ0v) is 13.9. The summed E-state index contributed by atoms with van der Waals surface area (Å²) in [7, 11) is 1.59. The Morgan fingerprint density at radius 3 is 2.40 bits per heavy atom. The van der Waals surface area contributed by atoms with Crippen LogP contribution in [-0.4, -0.2) is 12.1 Å². The van der Waals surface area contributed by atoms with E-state index in [1.165, 1.54) is 0 Å². The van der Waals surface area contributed by atoms with Crippen LogP contribution in [0.15, 0.2) is 33.2 Å². The molecule has 0 saturated carbocycles. The maximum absolute atomic E-state index is 8.95. The van der Waals surface area contributed by atoms with Crippen LogP contribution in [0.1, 0.15) is 11.3 Å². The summed E-state index contributed by atoms with van der Waals surface area (Å²) in [4.78, 5) is 4.25. The van der Waals surface area contributed by atoms with E-state index in [0.717, 1.165) is 14.6 Å². The van der Waals surface area contributed by atoms with Gasteiger partial charge in [-0.05, 0) is 57.0 Å². The molecule has 0 aliphatic rings. The molecule has 0 atom stereocenters. The third-order valence-corrected chi connectivity index (χ3v) is 3.72. The fourth-order valence-electron chi connectivity index (χ4n) is 1.61. The summed E-state index contributed by atoms with van der Waals surface area (Å²) in [6.45, 7) is 1.81. The van der Waals surface area contributed by atoms with Crippen LogP contribution in [0.5, 0.6) is 17.4 Å². The molecule has 4 nitrogen and oxygen atoms in total. The molecule has 1 aromatic heterocycles. The Kier molecular flexibility index (Phi) is 4.63. The highest BCUT2D eigenvalue weighted by Gasteiger charge is 2.10. The molecule has 0 N–H and O–H groups in total. The van der Waals surface area contributed by atoms with Crippen molar-refractivity contribution in [3.63, 3.8) is 0 Å². The van der Waals surface area contributed by atoms with Gasteiger partial charge in [0.25, 0.3) is 0 Å². The van der Waals surface area contributed by atoms with Crippen molar-refractivity contribution in [3.05, 3.63) is 44.5 Å². The maximum Gasteiger partial charge on any atom is 0.220 e. The van der Waals surface area contributed by atoms with Crippen LogP contribution in [0.4, 0.5) is 0 Å². The van der Waals surface area contributed by atoms with Crippen LogP contribution < -0.4 is 9.47 Å². The number of nitrogens with zero attached hydrogens (tertiary/aromatic N) is 2. The number of pyridine rings is 1. The van der Waals surface area contributed by atoms with Crippen molar-refractivity contribution in [1.29, 1.82) is 5.26 Å². The lowest BCUT2D eigenvalue weighted by Crippen LogP contribution is -1.93. The zero-order valence-electron chi connectivity index (χ0n) is 10.8. The van der Waals surface area contributed by atoms with Crippen LogP contribution in [0.2, 0.25) is 0 Å². The summed E-state index contributed by atoms with van der Waals surface area (Å²) >= 11 is 6.81. The van der Waals surface area contributed by atoms with Crippen molar-refractivity contribution in [1.82, 2.24) is 4.98 Å². The van der Waals surface area contributed by atoms with Crippen LogP contribution in [0, 0.1) is 18.3 Å². The zero-order chi connectivity index (χ0) is 14.7. The Hall–Kier alpha value is -1.58. The van der Waals surface area contributed by atoms with E-state index in [9.17, 15) is 0 Å². The Morgan fingerprint density at radius 1 is 1.10 bits per heavy atom. The molecule has 0 spiro atoms. The predicted molar refractivity (Wildman–Crippen MR) is 82.2 cm³/mol. The highest BCUT2D eigenvalue weighted by molar-refractivity contribution is 9.11. The molecule has 0 fully saturated rings. The first-order valence-electron chi connectivity index (χ1n) is 5.63. The van der Waals surface area contributed by atoms with Gasteiger partial charge in [-0.3, -0.25) is 0 Å². The van der Waals surface area contributed by atoms with Crippen LogP contribution in [-0.2, 0) is 0 Å². The van der Waals surface area contributed by atoms with Gasteiger partial charge < -0.3 is 9.47 Å². The van der Waals surface area contributed by atoms with Crippen LogP contribution in [0.3, 0.4) is 0 Å². The SMILES string of the molecule is COc1cc(Br)c(Oc2cc(C#N)cc(C)n2)cc1Br. The van der Waals surface area contributed by atoms with Crippen molar-refractivity contribution < 1.29 is 9.47 Å². The third kappa shape index (κ3) is 3.30. The van der Waals surface area contributed by atoms with E-state index in [2.05, 4.69) is 42.9 Å². The molecule has 0 amide bonds.